The summed E-state index contributed by atoms with van der Waals surface area (Å²) >= 11 is 0. The monoisotopic (exact) mass is 682 g/mol. The number of fused-ring (bicyclic) bond motifs is 7. The minimum atomic E-state index is -5.85. The Balaban J connectivity index is 0.909. The molecule has 0 amide bonds. The molecule has 8 aliphatic rings. The van der Waals surface area contributed by atoms with E-state index in [2.05, 4.69) is 24.3 Å². The molecule has 8 rings (SSSR count). The molecular weight excluding hydrogens is 642 g/mol. The van der Waals surface area contributed by atoms with Crippen LogP contribution in [0.15, 0.2) is 36.0 Å². The van der Waals surface area contributed by atoms with Crippen molar-refractivity contribution in [2.75, 3.05) is 6.61 Å². The van der Waals surface area contributed by atoms with E-state index < -0.39 is 48.2 Å². The summed E-state index contributed by atoms with van der Waals surface area (Å²) in [5.41, 5.74) is -4.32. The van der Waals surface area contributed by atoms with Crippen molar-refractivity contribution >= 4 is 17.7 Å². The van der Waals surface area contributed by atoms with E-state index in [1.807, 2.05) is 0 Å². The van der Waals surface area contributed by atoms with Gasteiger partial charge in [-0.2, -0.15) is 26.3 Å². The number of ether oxygens (including phenoxy) is 2. The number of cyclic esters (lactones) is 1. The number of ketones is 1. The van der Waals surface area contributed by atoms with Crippen molar-refractivity contribution in [3.8, 4) is 0 Å². The third-order valence-electron chi connectivity index (χ3n) is 13.9. The number of esters is 2. The van der Waals surface area contributed by atoms with Crippen LogP contribution in [0.1, 0.15) is 70.6 Å². The van der Waals surface area contributed by atoms with Gasteiger partial charge >= 0.3 is 24.3 Å². The molecule has 0 aromatic heterocycles. The van der Waals surface area contributed by atoms with Crippen molar-refractivity contribution in [2.24, 2.45) is 64.1 Å². The molecule has 12 atom stereocenters. The summed E-state index contributed by atoms with van der Waals surface area (Å²) in [7, 11) is 0. The van der Waals surface area contributed by atoms with Crippen molar-refractivity contribution < 1.29 is 55.3 Å². The standard InChI is InChI=1S/C36H40F6O6/c37-35(38,39)34(46,36(40,41)42)15-23-11-22-10-21(23)12-26(22)25-1-2-28(30(25)44)48-31(45)27-16-32(5-4-20(27)14-32)33-6-3-18(13-33)7-24(33)8-19-9-29(43)47-17-19/h3-6,12,18-25,27-28,46H,1-2,7-11,13-17H2. The number of alkyl halides is 6. The Morgan fingerprint density at radius 3 is 2.38 bits per heavy atom. The van der Waals surface area contributed by atoms with Crippen LogP contribution in [0.4, 0.5) is 26.3 Å². The molecule has 0 aromatic rings. The van der Waals surface area contributed by atoms with Crippen molar-refractivity contribution in [3.05, 3.63) is 36.0 Å². The maximum atomic E-state index is 13.7. The minimum Gasteiger partial charge on any atom is -0.465 e. The summed E-state index contributed by atoms with van der Waals surface area (Å²) in [6, 6.07) is 0. The van der Waals surface area contributed by atoms with E-state index in [4.69, 9.17) is 9.47 Å². The van der Waals surface area contributed by atoms with Crippen molar-refractivity contribution in [1.82, 2.24) is 0 Å². The smallest absolute Gasteiger partial charge is 0.426 e. The van der Waals surface area contributed by atoms with Gasteiger partial charge in [0, 0.05) is 17.3 Å². The topological polar surface area (TPSA) is 89.9 Å². The van der Waals surface area contributed by atoms with E-state index in [1.54, 1.807) is 6.08 Å². The quantitative estimate of drug-likeness (QED) is 0.172. The zero-order valence-corrected chi connectivity index (χ0v) is 26.4. The highest BCUT2D eigenvalue weighted by Crippen LogP contribution is 2.72. The van der Waals surface area contributed by atoms with Gasteiger partial charge in [0.2, 0.25) is 0 Å². The van der Waals surface area contributed by atoms with Gasteiger partial charge in [-0.15, -0.1) is 0 Å². The van der Waals surface area contributed by atoms with Crippen LogP contribution in [0.2, 0.25) is 0 Å². The van der Waals surface area contributed by atoms with Crippen LogP contribution in [0, 0.1) is 64.1 Å². The Morgan fingerprint density at radius 1 is 0.958 bits per heavy atom. The lowest BCUT2D eigenvalue weighted by Gasteiger charge is -2.47. The molecule has 7 aliphatic carbocycles. The molecule has 0 radical (unpaired) electrons. The molecule has 5 fully saturated rings. The molecule has 262 valence electrons. The van der Waals surface area contributed by atoms with Gasteiger partial charge in [0.1, 0.15) is 0 Å². The lowest BCUT2D eigenvalue weighted by molar-refractivity contribution is -0.373. The number of hydrogen-bond acceptors (Lipinski definition) is 6. The van der Waals surface area contributed by atoms with E-state index in [-0.39, 0.29) is 58.6 Å². The zero-order chi connectivity index (χ0) is 34.0. The van der Waals surface area contributed by atoms with E-state index in [0.717, 1.165) is 31.3 Å². The minimum absolute atomic E-state index is 0.0153. The van der Waals surface area contributed by atoms with Crippen LogP contribution >= 0.6 is 0 Å². The zero-order valence-electron chi connectivity index (χ0n) is 26.4. The van der Waals surface area contributed by atoms with Gasteiger partial charge < -0.3 is 14.6 Å². The number of aliphatic hydroxyl groups is 1. The maximum Gasteiger partial charge on any atom is 0.426 e. The maximum absolute atomic E-state index is 13.7. The highest BCUT2D eigenvalue weighted by atomic mass is 19.4. The number of carbonyl (C=O) groups is 3. The second kappa shape index (κ2) is 10.7. The van der Waals surface area contributed by atoms with Gasteiger partial charge in [-0.1, -0.05) is 36.0 Å². The van der Waals surface area contributed by atoms with Crippen molar-refractivity contribution in [2.45, 2.75) is 94.7 Å². The summed E-state index contributed by atoms with van der Waals surface area (Å²) in [4.78, 5) is 39.0. The Labute approximate surface area is 274 Å². The Bertz CT molecular complexity index is 1480. The van der Waals surface area contributed by atoms with Gasteiger partial charge in [0.25, 0.3) is 5.60 Å². The van der Waals surface area contributed by atoms with Crippen LogP contribution in [0.3, 0.4) is 0 Å². The number of halogens is 6. The van der Waals surface area contributed by atoms with Crippen LogP contribution in [-0.4, -0.2) is 53.5 Å². The normalized spacial score (nSPS) is 44.4. The van der Waals surface area contributed by atoms with E-state index >= 15 is 0 Å². The average Bonchev–Trinajstić information content (AvgIpc) is 3.86. The fourth-order valence-electron chi connectivity index (χ4n) is 11.7. The first-order valence-electron chi connectivity index (χ1n) is 17.4. The van der Waals surface area contributed by atoms with E-state index in [0.29, 0.717) is 50.5 Å². The first-order valence-corrected chi connectivity index (χ1v) is 17.4. The predicted octanol–water partition coefficient (Wildman–Crippen LogP) is 6.82. The molecular formula is C36H40F6O6. The van der Waals surface area contributed by atoms with Gasteiger partial charge in [-0.3, -0.25) is 14.4 Å². The van der Waals surface area contributed by atoms with Gasteiger partial charge in [0.05, 0.1) is 18.9 Å². The van der Waals surface area contributed by atoms with Crippen LogP contribution in [0.5, 0.6) is 0 Å². The van der Waals surface area contributed by atoms with Crippen LogP contribution in [-0.2, 0) is 23.9 Å². The second-order valence-electron chi connectivity index (χ2n) is 16.3. The third-order valence-corrected chi connectivity index (χ3v) is 13.9. The molecule has 1 heterocycles. The number of rotatable bonds is 8. The number of Topliss-reactive ketones (excluding diaryl/α,β-unsaturated/α-hetero) is 1. The van der Waals surface area contributed by atoms with Crippen LogP contribution in [0.25, 0.3) is 0 Å². The molecule has 1 saturated heterocycles. The number of allylic oxidation sites excluding steroid dienone is 6. The molecule has 12 unspecified atom stereocenters. The van der Waals surface area contributed by atoms with Crippen LogP contribution < -0.4 is 0 Å². The van der Waals surface area contributed by atoms with Gasteiger partial charge in [0.15, 0.2) is 11.9 Å². The van der Waals surface area contributed by atoms with Crippen molar-refractivity contribution in [1.29, 1.82) is 0 Å². The van der Waals surface area contributed by atoms with Gasteiger partial charge in [-0.05, 0) is 105 Å². The molecule has 1 N–H and O–H groups in total. The molecule has 4 saturated carbocycles. The van der Waals surface area contributed by atoms with E-state index in [1.165, 1.54) is 0 Å². The first-order chi connectivity index (χ1) is 22.5. The predicted molar refractivity (Wildman–Crippen MR) is 156 cm³/mol. The molecule has 6 bridgehead atoms. The SMILES string of the molecule is O=C1CC(CC2CC3C=CC2(C24C=CC(C2)C(C(=O)OC2CCC(C5=CC6CC5CC6CC(O)(C(F)(F)F)C(F)(F)F)C2=O)C4)C3)CO1. The van der Waals surface area contributed by atoms with E-state index in [9.17, 15) is 45.8 Å². The molecule has 0 aromatic carbocycles. The Kier molecular flexibility index (Phi) is 7.25. The summed E-state index contributed by atoms with van der Waals surface area (Å²) in [5.74, 6) is -2.52. The fourth-order valence-corrected chi connectivity index (χ4v) is 11.7. The second-order valence-corrected chi connectivity index (χ2v) is 16.3. The highest BCUT2D eigenvalue weighted by Gasteiger charge is 2.71. The Morgan fingerprint density at radius 2 is 1.73 bits per heavy atom. The summed E-state index contributed by atoms with van der Waals surface area (Å²) in [5, 5.41) is 9.73. The van der Waals surface area contributed by atoms with Crippen molar-refractivity contribution in [3.63, 3.8) is 0 Å². The third kappa shape index (κ3) is 4.72. The summed E-state index contributed by atoms with van der Waals surface area (Å²) < 4.78 is 91.1. The average molecular weight is 683 g/mol. The highest BCUT2D eigenvalue weighted by molar-refractivity contribution is 5.92. The molecule has 0 spiro atoms. The summed E-state index contributed by atoms with van der Waals surface area (Å²) in [6.07, 6.45) is 2.76. The summed E-state index contributed by atoms with van der Waals surface area (Å²) in [6.45, 7) is 0.467. The molecule has 6 nitrogen and oxygen atoms in total. The lowest BCUT2D eigenvalue weighted by Crippen LogP contribution is -2.58. The first kappa shape index (κ1) is 32.6. The van der Waals surface area contributed by atoms with Gasteiger partial charge in [-0.25, -0.2) is 0 Å². The Hall–Kier alpha value is -2.63. The molecule has 1 aliphatic heterocycles. The molecule has 48 heavy (non-hydrogen) atoms. The number of hydrogen-bond donors (Lipinski definition) is 1. The fraction of sp³-hybridized carbons (Fsp3) is 0.750. The lowest BCUT2D eigenvalue weighted by atomic mass is 9.56. The number of carbonyl (C=O) groups excluding carboxylic acids is 3. The largest absolute Gasteiger partial charge is 0.465 e. The molecule has 12 heteroatoms.